The lowest BCUT2D eigenvalue weighted by Crippen LogP contribution is -2.42. The van der Waals surface area contributed by atoms with E-state index in [2.05, 4.69) is 35.1 Å². The van der Waals surface area contributed by atoms with E-state index in [-0.39, 0.29) is 6.61 Å². The van der Waals surface area contributed by atoms with Crippen molar-refractivity contribution < 1.29 is 5.11 Å². The van der Waals surface area contributed by atoms with Crippen LogP contribution in [-0.4, -0.2) is 35.8 Å². The Kier molecular flexibility index (Phi) is 5.80. The fourth-order valence-electron chi connectivity index (χ4n) is 2.70. The Bertz CT molecular complexity index is 418. The zero-order valence-corrected chi connectivity index (χ0v) is 12.7. The minimum absolute atomic E-state index is 0.192. The van der Waals surface area contributed by atoms with Crippen molar-refractivity contribution in [2.45, 2.75) is 52.1 Å². The molecular formula is C16H27N3O. The van der Waals surface area contributed by atoms with E-state index in [1.807, 2.05) is 6.20 Å². The molecule has 1 aromatic heterocycles. The van der Waals surface area contributed by atoms with Crippen molar-refractivity contribution in [3.8, 4) is 0 Å². The van der Waals surface area contributed by atoms with Crippen LogP contribution in [0.3, 0.4) is 0 Å². The first-order valence-corrected chi connectivity index (χ1v) is 7.80. The summed E-state index contributed by atoms with van der Waals surface area (Å²) in [4.78, 5) is 6.93. The highest BCUT2D eigenvalue weighted by Crippen LogP contribution is 2.30. The summed E-state index contributed by atoms with van der Waals surface area (Å²) in [6, 6.07) is 2.78. The van der Waals surface area contributed by atoms with E-state index in [9.17, 15) is 5.11 Å². The molecule has 4 heteroatoms. The molecule has 2 N–H and O–H groups in total. The number of nitrogens with one attached hydrogen (secondary N) is 1. The number of anilines is 1. The normalized spacial score (nSPS) is 15.2. The molecule has 0 atom stereocenters. The molecule has 0 bridgehead atoms. The Labute approximate surface area is 122 Å². The summed E-state index contributed by atoms with van der Waals surface area (Å²) < 4.78 is 0. The fourth-order valence-corrected chi connectivity index (χ4v) is 2.70. The van der Waals surface area contributed by atoms with Crippen LogP contribution in [0.4, 0.5) is 5.82 Å². The molecule has 1 fully saturated rings. The van der Waals surface area contributed by atoms with Crippen molar-refractivity contribution in [1.82, 2.24) is 10.3 Å². The Hall–Kier alpha value is -1.13. The van der Waals surface area contributed by atoms with Crippen LogP contribution in [0, 0.1) is 6.92 Å². The van der Waals surface area contributed by atoms with Gasteiger partial charge in [-0.15, -0.1) is 0 Å². The topological polar surface area (TPSA) is 48.4 Å². The maximum Gasteiger partial charge on any atom is 0.131 e. The van der Waals surface area contributed by atoms with Gasteiger partial charge in [-0.25, -0.2) is 4.98 Å². The number of nitrogens with zero attached hydrogens (tertiary/aromatic N) is 2. The second-order valence-electron chi connectivity index (χ2n) is 5.66. The van der Waals surface area contributed by atoms with E-state index in [0.717, 1.165) is 25.3 Å². The summed E-state index contributed by atoms with van der Waals surface area (Å²) in [6.45, 7) is 7.09. The Morgan fingerprint density at radius 3 is 2.80 bits per heavy atom. The van der Waals surface area contributed by atoms with Gasteiger partial charge in [0.1, 0.15) is 5.82 Å². The van der Waals surface area contributed by atoms with Gasteiger partial charge in [-0.3, -0.25) is 0 Å². The van der Waals surface area contributed by atoms with Gasteiger partial charge >= 0.3 is 0 Å². The zero-order chi connectivity index (χ0) is 14.4. The molecule has 0 aliphatic heterocycles. The van der Waals surface area contributed by atoms with Crippen LogP contribution < -0.4 is 10.2 Å². The van der Waals surface area contributed by atoms with E-state index in [0.29, 0.717) is 12.6 Å². The minimum Gasteiger partial charge on any atom is -0.395 e. The summed E-state index contributed by atoms with van der Waals surface area (Å²) in [5, 5.41) is 12.7. The smallest absolute Gasteiger partial charge is 0.131 e. The lowest BCUT2D eigenvalue weighted by atomic mass is 9.91. The zero-order valence-electron chi connectivity index (χ0n) is 12.7. The Balaban J connectivity index is 2.06. The lowest BCUT2D eigenvalue weighted by molar-refractivity contribution is 0.283. The maximum absolute atomic E-state index is 9.28. The third kappa shape index (κ3) is 3.70. The molecule has 1 heterocycles. The van der Waals surface area contributed by atoms with Crippen LogP contribution in [0.1, 0.15) is 43.7 Å². The largest absolute Gasteiger partial charge is 0.395 e. The first-order chi connectivity index (χ1) is 9.76. The van der Waals surface area contributed by atoms with E-state index >= 15 is 0 Å². The summed E-state index contributed by atoms with van der Waals surface area (Å²) in [7, 11) is 0. The Morgan fingerprint density at radius 2 is 2.25 bits per heavy atom. The fraction of sp³-hybridized carbons (Fsp3) is 0.688. The first kappa shape index (κ1) is 15.3. The van der Waals surface area contributed by atoms with Crippen molar-refractivity contribution in [2.75, 3.05) is 24.6 Å². The van der Waals surface area contributed by atoms with E-state index in [4.69, 9.17) is 0 Å². The molecule has 0 saturated heterocycles. The number of aromatic nitrogens is 1. The van der Waals surface area contributed by atoms with Crippen LogP contribution in [0.5, 0.6) is 0 Å². The molecule has 1 aliphatic carbocycles. The third-order valence-electron chi connectivity index (χ3n) is 3.99. The Morgan fingerprint density at radius 1 is 1.45 bits per heavy atom. The van der Waals surface area contributed by atoms with Crippen molar-refractivity contribution in [2.24, 2.45) is 0 Å². The average molecular weight is 277 g/mol. The highest BCUT2D eigenvalue weighted by atomic mass is 16.3. The van der Waals surface area contributed by atoms with Crippen LogP contribution in [0.25, 0.3) is 0 Å². The predicted octanol–water partition coefficient (Wildman–Crippen LogP) is 2.24. The highest BCUT2D eigenvalue weighted by Gasteiger charge is 2.26. The van der Waals surface area contributed by atoms with Crippen molar-refractivity contribution in [3.05, 3.63) is 23.4 Å². The van der Waals surface area contributed by atoms with Gasteiger partial charge in [-0.1, -0.05) is 6.92 Å². The molecule has 0 amide bonds. The molecular weight excluding hydrogens is 250 g/mol. The molecule has 0 radical (unpaired) electrons. The number of rotatable bonds is 8. The molecule has 1 saturated carbocycles. The lowest BCUT2D eigenvalue weighted by Gasteiger charge is -2.38. The van der Waals surface area contributed by atoms with E-state index in [1.165, 1.54) is 30.4 Å². The quantitative estimate of drug-likeness (QED) is 0.716. The van der Waals surface area contributed by atoms with Gasteiger partial charge in [-0.2, -0.15) is 0 Å². The van der Waals surface area contributed by atoms with Gasteiger partial charge in [0.05, 0.1) is 6.61 Å². The van der Waals surface area contributed by atoms with Gasteiger partial charge in [0.2, 0.25) is 0 Å². The second kappa shape index (κ2) is 7.60. The van der Waals surface area contributed by atoms with Crippen LogP contribution in [-0.2, 0) is 6.54 Å². The number of aliphatic hydroxyl groups is 1. The van der Waals surface area contributed by atoms with Crippen LogP contribution in [0.2, 0.25) is 0 Å². The summed E-state index contributed by atoms with van der Waals surface area (Å²) in [5.41, 5.74) is 2.44. The summed E-state index contributed by atoms with van der Waals surface area (Å²) in [5.74, 6) is 1.04. The molecule has 112 valence electrons. The van der Waals surface area contributed by atoms with Gasteiger partial charge in [0.15, 0.2) is 0 Å². The van der Waals surface area contributed by atoms with Gasteiger partial charge < -0.3 is 15.3 Å². The molecule has 0 unspecified atom stereocenters. The molecule has 20 heavy (non-hydrogen) atoms. The third-order valence-corrected chi connectivity index (χ3v) is 3.99. The molecule has 2 rings (SSSR count). The summed E-state index contributed by atoms with van der Waals surface area (Å²) >= 11 is 0. The number of aliphatic hydroxyl groups excluding tert-OH is 1. The minimum atomic E-state index is 0.192. The number of aryl methyl sites for hydroxylation is 1. The second-order valence-corrected chi connectivity index (χ2v) is 5.66. The maximum atomic E-state index is 9.28. The van der Waals surface area contributed by atoms with Crippen LogP contribution >= 0.6 is 0 Å². The van der Waals surface area contributed by atoms with Gasteiger partial charge in [0, 0.05) is 25.3 Å². The number of hydrogen-bond donors (Lipinski definition) is 2. The average Bonchev–Trinajstić information content (AvgIpc) is 2.37. The molecule has 0 aromatic carbocycles. The highest BCUT2D eigenvalue weighted by molar-refractivity contribution is 5.48. The van der Waals surface area contributed by atoms with E-state index < -0.39 is 0 Å². The van der Waals surface area contributed by atoms with Crippen molar-refractivity contribution in [3.63, 3.8) is 0 Å². The number of hydrogen-bond acceptors (Lipinski definition) is 4. The van der Waals surface area contributed by atoms with Crippen molar-refractivity contribution >= 4 is 5.82 Å². The van der Waals surface area contributed by atoms with Crippen LogP contribution in [0.15, 0.2) is 12.3 Å². The standard InChI is InChI=1S/C16H27N3O/c1-3-7-17-11-14-10-13(2)16(18-12-14)19(8-9-20)15-5-4-6-15/h10,12,15,17,20H,3-9,11H2,1-2H3. The first-order valence-electron chi connectivity index (χ1n) is 7.80. The van der Waals surface area contributed by atoms with Gasteiger partial charge in [-0.05, 0) is 56.3 Å². The van der Waals surface area contributed by atoms with Gasteiger partial charge in [0.25, 0.3) is 0 Å². The SMILES string of the molecule is CCCNCc1cnc(N(CCO)C2CCC2)c(C)c1. The molecule has 0 spiro atoms. The monoisotopic (exact) mass is 277 g/mol. The van der Waals surface area contributed by atoms with Crippen molar-refractivity contribution in [1.29, 1.82) is 0 Å². The molecule has 1 aliphatic rings. The number of pyridine rings is 1. The molecule has 4 nitrogen and oxygen atoms in total. The predicted molar refractivity (Wildman–Crippen MR) is 83.0 cm³/mol. The molecule has 1 aromatic rings. The summed E-state index contributed by atoms with van der Waals surface area (Å²) in [6.07, 6.45) is 6.86. The van der Waals surface area contributed by atoms with E-state index in [1.54, 1.807) is 0 Å².